The van der Waals surface area contributed by atoms with Crippen LogP contribution in [-0.4, -0.2) is 6.61 Å². The van der Waals surface area contributed by atoms with Crippen molar-refractivity contribution in [1.29, 1.82) is 0 Å². The van der Waals surface area contributed by atoms with E-state index in [-0.39, 0.29) is 5.41 Å². The van der Waals surface area contributed by atoms with E-state index in [0.29, 0.717) is 6.61 Å². The van der Waals surface area contributed by atoms with Crippen molar-refractivity contribution in [2.24, 2.45) is 0 Å². The molecule has 94 valence electrons. The molecule has 0 bridgehead atoms. The molecule has 1 heteroatoms. The van der Waals surface area contributed by atoms with Gasteiger partial charge in [-0.05, 0) is 18.6 Å². The average Bonchev–Trinajstić information content (AvgIpc) is 2.41. The third-order valence-electron chi connectivity index (χ3n) is 3.36. The molecule has 2 aromatic carbocycles. The molecule has 0 radical (unpaired) electrons. The van der Waals surface area contributed by atoms with Crippen molar-refractivity contribution < 1.29 is 4.74 Å². The second-order valence-corrected chi connectivity index (χ2v) is 4.92. The van der Waals surface area contributed by atoms with Crippen LogP contribution in [0.15, 0.2) is 54.6 Å². The smallest absolute Gasteiger partial charge is 0.123 e. The van der Waals surface area contributed by atoms with Gasteiger partial charge in [-0.1, -0.05) is 62.4 Å². The maximum Gasteiger partial charge on any atom is 0.123 e. The van der Waals surface area contributed by atoms with Gasteiger partial charge in [-0.15, -0.1) is 0 Å². The minimum absolute atomic E-state index is 0.0486. The van der Waals surface area contributed by atoms with Crippen LogP contribution >= 0.6 is 0 Å². The first-order chi connectivity index (χ1) is 8.66. The summed E-state index contributed by atoms with van der Waals surface area (Å²) < 4.78 is 5.74. The van der Waals surface area contributed by atoms with Gasteiger partial charge >= 0.3 is 0 Å². The van der Waals surface area contributed by atoms with E-state index in [1.54, 1.807) is 0 Å². The van der Waals surface area contributed by atoms with E-state index in [4.69, 9.17) is 4.74 Å². The summed E-state index contributed by atoms with van der Waals surface area (Å²) in [6, 6.07) is 18.8. The van der Waals surface area contributed by atoms with Crippen LogP contribution in [-0.2, 0) is 5.41 Å². The van der Waals surface area contributed by atoms with E-state index in [2.05, 4.69) is 50.2 Å². The molecule has 0 heterocycles. The Bertz CT molecular complexity index is 500. The van der Waals surface area contributed by atoms with Crippen LogP contribution in [0, 0.1) is 0 Å². The van der Waals surface area contributed by atoms with Gasteiger partial charge in [0.15, 0.2) is 0 Å². The lowest BCUT2D eigenvalue weighted by Gasteiger charge is -2.28. The minimum atomic E-state index is -0.0486. The number of hydrogen-bond acceptors (Lipinski definition) is 1. The number of rotatable bonds is 4. The van der Waals surface area contributed by atoms with E-state index in [1.807, 2.05) is 25.1 Å². The molecule has 0 aromatic heterocycles. The van der Waals surface area contributed by atoms with Gasteiger partial charge in [0, 0.05) is 11.0 Å². The summed E-state index contributed by atoms with van der Waals surface area (Å²) in [6.07, 6.45) is 0. The monoisotopic (exact) mass is 240 g/mol. The highest BCUT2D eigenvalue weighted by atomic mass is 16.5. The summed E-state index contributed by atoms with van der Waals surface area (Å²) in [5.74, 6) is 0.980. The molecule has 0 unspecified atom stereocenters. The summed E-state index contributed by atoms with van der Waals surface area (Å²) in [4.78, 5) is 0. The highest BCUT2D eigenvalue weighted by Gasteiger charge is 2.25. The molecule has 0 N–H and O–H groups in total. The van der Waals surface area contributed by atoms with Crippen LogP contribution in [0.1, 0.15) is 31.9 Å². The Kier molecular flexibility index (Phi) is 3.71. The van der Waals surface area contributed by atoms with E-state index in [9.17, 15) is 0 Å². The molecular weight excluding hydrogens is 220 g/mol. The van der Waals surface area contributed by atoms with Gasteiger partial charge in [0.1, 0.15) is 5.75 Å². The van der Waals surface area contributed by atoms with Crippen molar-refractivity contribution in [3.05, 3.63) is 65.7 Å². The van der Waals surface area contributed by atoms with E-state index >= 15 is 0 Å². The van der Waals surface area contributed by atoms with Crippen LogP contribution in [0.5, 0.6) is 5.75 Å². The fraction of sp³-hybridized carbons (Fsp3) is 0.294. The van der Waals surface area contributed by atoms with E-state index in [0.717, 1.165) is 5.75 Å². The Labute approximate surface area is 109 Å². The van der Waals surface area contributed by atoms with Crippen LogP contribution in [0.4, 0.5) is 0 Å². The lowest BCUT2D eigenvalue weighted by molar-refractivity contribution is 0.331. The highest BCUT2D eigenvalue weighted by molar-refractivity contribution is 5.45. The largest absolute Gasteiger partial charge is 0.494 e. The molecule has 0 aliphatic heterocycles. The van der Waals surface area contributed by atoms with Gasteiger partial charge in [-0.3, -0.25) is 0 Å². The van der Waals surface area contributed by atoms with Crippen molar-refractivity contribution >= 4 is 0 Å². The SMILES string of the molecule is CCOc1ccccc1C(C)(C)c1ccccc1. The second kappa shape index (κ2) is 5.26. The summed E-state index contributed by atoms with van der Waals surface area (Å²) in [7, 11) is 0. The second-order valence-electron chi connectivity index (χ2n) is 4.92. The topological polar surface area (TPSA) is 9.23 Å². The fourth-order valence-corrected chi connectivity index (χ4v) is 2.27. The van der Waals surface area contributed by atoms with Gasteiger partial charge in [0.25, 0.3) is 0 Å². The Morgan fingerprint density at radius 3 is 2.17 bits per heavy atom. The Hall–Kier alpha value is -1.76. The Morgan fingerprint density at radius 2 is 1.50 bits per heavy atom. The summed E-state index contributed by atoms with van der Waals surface area (Å²) in [5, 5.41) is 0. The van der Waals surface area contributed by atoms with Crippen LogP contribution in [0.2, 0.25) is 0 Å². The van der Waals surface area contributed by atoms with Crippen LogP contribution < -0.4 is 4.74 Å². The minimum Gasteiger partial charge on any atom is -0.494 e. The maximum atomic E-state index is 5.74. The molecule has 0 atom stereocenters. The van der Waals surface area contributed by atoms with Crippen LogP contribution in [0.3, 0.4) is 0 Å². The molecule has 2 aromatic rings. The first kappa shape index (κ1) is 12.7. The van der Waals surface area contributed by atoms with Gasteiger partial charge in [0.05, 0.1) is 6.61 Å². The summed E-state index contributed by atoms with van der Waals surface area (Å²) in [6.45, 7) is 7.19. The molecule has 0 spiro atoms. The number of benzene rings is 2. The molecule has 0 saturated heterocycles. The first-order valence-corrected chi connectivity index (χ1v) is 6.44. The van der Waals surface area contributed by atoms with E-state index in [1.165, 1.54) is 11.1 Å². The predicted molar refractivity (Wildman–Crippen MR) is 76.2 cm³/mol. The van der Waals surface area contributed by atoms with Gasteiger partial charge in [0.2, 0.25) is 0 Å². The molecule has 0 saturated carbocycles. The van der Waals surface area contributed by atoms with Crippen molar-refractivity contribution in [3.8, 4) is 5.75 Å². The normalized spacial score (nSPS) is 11.3. The van der Waals surface area contributed by atoms with Crippen molar-refractivity contribution in [2.75, 3.05) is 6.61 Å². The van der Waals surface area contributed by atoms with Crippen molar-refractivity contribution in [3.63, 3.8) is 0 Å². The molecular formula is C17H20O. The Morgan fingerprint density at radius 1 is 0.889 bits per heavy atom. The van der Waals surface area contributed by atoms with Gasteiger partial charge in [-0.2, -0.15) is 0 Å². The number of ether oxygens (including phenoxy) is 1. The maximum absolute atomic E-state index is 5.74. The van der Waals surface area contributed by atoms with Crippen LogP contribution in [0.25, 0.3) is 0 Å². The van der Waals surface area contributed by atoms with E-state index < -0.39 is 0 Å². The quantitative estimate of drug-likeness (QED) is 0.769. The third kappa shape index (κ3) is 2.40. The fourth-order valence-electron chi connectivity index (χ4n) is 2.27. The highest BCUT2D eigenvalue weighted by Crippen LogP contribution is 2.36. The molecule has 1 nitrogen and oxygen atoms in total. The third-order valence-corrected chi connectivity index (χ3v) is 3.36. The lowest BCUT2D eigenvalue weighted by Crippen LogP contribution is -2.20. The van der Waals surface area contributed by atoms with Gasteiger partial charge < -0.3 is 4.74 Å². The number of para-hydroxylation sites is 1. The van der Waals surface area contributed by atoms with Crippen molar-refractivity contribution in [2.45, 2.75) is 26.2 Å². The Balaban J connectivity index is 2.47. The lowest BCUT2D eigenvalue weighted by atomic mass is 9.78. The standard InChI is InChI=1S/C17H20O/c1-4-18-16-13-9-8-12-15(16)17(2,3)14-10-6-5-7-11-14/h5-13H,4H2,1-3H3. The molecule has 0 fully saturated rings. The molecule has 18 heavy (non-hydrogen) atoms. The predicted octanol–water partition coefficient (Wildman–Crippen LogP) is 4.41. The summed E-state index contributed by atoms with van der Waals surface area (Å²) in [5.41, 5.74) is 2.49. The zero-order valence-corrected chi connectivity index (χ0v) is 11.3. The zero-order valence-electron chi connectivity index (χ0n) is 11.3. The molecule has 0 amide bonds. The molecule has 0 aliphatic carbocycles. The summed E-state index contributed by atoms with van der Waals surface area (Å²) >= 11 is 0. The molecule has 0 aliphatic rings. The number of hydrogen-bond donors (Lipinski definition) is 0. The van der Waals surface area contributed by atoms with Gasteiger partial charge in [-0.25, -0.2) is 0 Å². The average molecular weight is 240 g/mol. The van der Waals surface area contributed by atoms with Crippen molar-refractivity contribution in [1.82, 2.24) is 0 Å². The first-order valence-electron chi connectivity index (χ1n) is 6.44. The molecule has 2 rings (SSSR count). The zero-order chi connectivity index (χ0) is 13.0.